The summed E-state index contributed by atoms with van der Waals surface area (Å²) in [6.07, 6.45) is -2.83. The molecule has 132 valence electrons. The summed E-state index contributed by atoms with van der Waals surface area (Å²) < 4.78 is 39.4. The molecule has 3 rings (SSSR count). The van der Waals surface area contributed by atoms with E-state index in [0.29, 0.717) is 17.7 Å². The number of likely N-dealkylation sites (tertiary alicyclic amines) is 1. The van der Waals surface area contributed by atoms with Gasteiger partial charge >= 0.3 is 6.18 Å². The number of aliphatic hydroxyl groups is 1. The van der Waals surface area contributed by atoms with Gasteiger partial charge in [-0.05, 0) is 42.2 Å². The first-order chi connectivity index (χ1) is 11.9. The zero-order valence-corrected chi connectivity index (χ0v) is 13.5. The summed E-state index contributed by atoms with van der Waals surface area (Å²) in [5.74, 6) is -0.202. The molecule has 25 heavy (non-hydrogen) atoms. The Kier molecular flexibility index (Phi) is 4.81. The SMILES string of the molecule is O=C(c1ccc(-c2ccccc2C(F)(F)F)cc1)N1CCC[C@H]1CO. The monoisotopic (exact) mass is 349 g/mol. The largest absolute Gasteiger partial charge is 0.417 e. The number of amides is 1. The highest BCUT2D eigenvalue weighted by atomic mass is 19.4. The quantitative estimate of drug-likeness (QED) is 0.911. The summed E-state index contributed by atoms with van der Waals surface area (Å²) in [6, 6.07) is 11.3. The molecule has 1 saturated heterocycles. The van der Waals surface area contributed by atoms with Gasteiger partial charge < -0.3 is 10.0 Å². The van der Waals surface area contributed by atoms with Crippen molar-refractivity contribution in [3.63, 3.8) is 0 Å². The average molecular weight is 349 g/mol. The summed E-state index contributed by atoms with van der Waals surface area (Å²) in [5.41, 5.74) is 0.204. The first-order valence-corrected chi connectivity index (χ1v) is 8.10. The van der Waals surface area contributed by atoms with E-state index < -0.39 is 11.7 Å². The van der Waals surface area contributed by atoms with Gasteiger partial charge in [0.1, 0.15) is 0 Å². The van der Waals surface area contributed by atoms with Crippen molar-refractivity contribution >= 4 is 5.91 Å². The van der Waals surface area contributed by atoms with E-state index in [4.69, 9.17) is 0 Å². The van der Waals surface area contributed by atoms with Gasteiger partial charge in [0.25, 0.3) is 5.91 Å². The lowest BCUT2D eigenvalue weighted by atomic mass is 9.98. The van der Waals surface area contributed by atoms with Gasteiger partial charge in [0, 0.05) is 12.1 Å². The van der Waals surface area contributed by atoms with Crippen molar-refractivity contribution in [2.45, 2.75) is 25.1 Å². The number of carbonyl (C=O) groups excluding carboxylic acids is 1. The number of nitrogens with zero attached hydrogens (tertiary/aromatic N) is 1. The van der Waals surface area contributed by atoms with Crippen LogP contribution in [-0.2, 0) is 6.18 Å². The van der Waals surface area contributed by atoms with Crippen LogP contribution in [0.5, 0.6) is 0 Å². The van der Waals surface area contributed by atoms with E-state index in [1.54, 1.807) is 11.0 Å². The van der Waals surface area contributed by atoms with E-state index in [9.17, 15) is 23.1 Å². The first-order valence-electron chi connectivity index (χ1n) is 8.10. The molecule has 6 heteroatoms. The van der Waals surface area contributed by atoms with Gasteiger partial charge in [-0.3, -0.25) is 4.79 Å². The predicted octanol–water partition coefficient (Wildman–Crippen LogP) is 3.97. The maximum absolute atomic E-state index is 13.1. The lowest BCUT2D eigenvalue weighted by molar-refractivity contribution is -0.137. The first kappa shape index (κ1) is 17.5. The summed E-state index contributed by atoms with van der Waals surface area (Å²) in [7, 11) is 0. The number of alkyl halides is 3. The van der Waals surface area contributed by atoms with E-state index in [1.807, 2.05) is 0 Å². The maximum Gasteiger partial charge on any atom is 0.417 e. The van der Waals surface area contributed by atoms with E-state index >= 15 is 0 Å². The predicted molar refractivity (Wildman–Crippen MR) is 88.0 cm³/mol. The number of halogens is 3. The molecule has 0 bridgehead atoms. The Hall–Kier alpha value is -2.34. The van der Waals surface area contributed by atoms with E-state index in [-0.39, 0.29) is 24.1 Å². The van der Waals surface area contributed by atoms with Crippen LogP contribution in [0.15, 0.2) is 48.5 Å². The highest BCUT2D eigenvalue weighted by Crippen LogP contribution is 2.37. The molecular weight excluding hydrogens is 331 g/mol. The van der Waals surface area contributed by atoms with Crippen molar-refractivity contribution in [3.8, 4) is 11.1 Å². The number of aliphatic hydroxyl groups excluding tert-OH is 1. The molecule has 0 radical (unpaired) electrons. The second kappa shape index (κ2) is 6.88. The molecule has 1 N–H and O–H groups in total. The van der Waals surface area contributed by atoms with Crippen LogP contribution < -0.4 is 0 Å². The lowest BCUT2D eigenvalue weighted by Gasteiger charge is -2.23. The average Bonchev–Trinajstić information content (AvgIpc) is 3.09. The van der Waals surface area contributed by atoms with Crippen molar-refractivity contribution in [1.82, 2.24) is 4.90 Å². The van der Waals surface area contributed by atoms with Gasteiger partial charge in [0.2, 0.25) is 0 Å². The van der Waals surface area contributed by atoms with Crippen LogP contribution in [0, 0.1) is 0 Å². The molecule has 0 saturated carbocycles. The molecule has 0 unspecified atom stereocenters. The van der Waals surface area contributed by atoms with Crippen LogP contribution in [-0.4, -0.2) is 35.1 Å². The fraction of sp³-hybridized carbons (Fsp3) is 0.316. The van der Waals surface area contributed by atoms with Crippen molar-refractivity contribution < 1.29 is 23.1 Å². The van der Waals surface area contributed by atoms with Crippen molar-refractivity contribution in [1.29, 1.82) is 0 Å². The number of carbonyl (C=O) groups is 1. The Morgan fingerprint density at radius 1 is 1.12 bits per heavy atom. The fourth-order valence-corrected chi connectivity index (χ4v) is 3.23. The molecule has 0 spiro atoms. The zero-order chi connectivity index (χ0) is 18.0. The van der Waals surface area contributed by atoms with Crippen LogP contribution >= 0.6 is 0 Å². The number of rotatable bonds is 3. The topological polar surface area (TPSA) is 40.5 Å². The van der Waals surface area contributed by atoms with Crippen LogP contribution in [0.1, 0.15) is 28.8 Å². The Bertz CT molecular complexity index is 756. The van der Waals surface area contributed by atoms with Gasteiger partial charge in [-0.25, -0.2) is 0 Å². The molecule has 0 aliphatic carbocycles. The molecule has 1 aliphatic heterocycles. The minimum absolute atomic E-state index is 0.0806. The molecule has 0 aromatic heterocycles. The fourth-order valence-electron chi connectivity index (χ4n) is 3.23. The van der Waals surface area contributed by atoms with E-state index in [2.05, 4.69) is 0 Å². The van der Waals surface area contributed by atoms with Crippen molar-refractivity contribution in [2.24, 2.45) is 0 Å². The van der Waals surface area contributed by atoms with Crippen LogP contribution in [0.3, 0.4) is 0 Å². The smallest absolute Gasteiger partial charge is 0.394 e. The van der Waals surface area contributed by atoms with Gasteiger partial charge in [-0.2, -0.15) is 13.2 Å². The Morgan fingerprint density at radius 3 is 2.44 bits per heavy atom. The summed E-state index contributed by atoms with van der Waals surface area (Å²) in [4.78, 5) is 14.1. The molecule has 1 atom stereocenters. The van der Waals surface area contributed by atoms with Crippen molar-refractivity contribution in [2.75, 3.05) is 13.2 Å². The minimum atomic E-state index is -4.44. The molecular formula is C19H18F3NO2. The van der Waals surface area contributed by atoms with E-state index in [0.717, 1.165) is 18.9 Å². The highest BCUT2D eigenvalue weighted by molar-refractivity contribution is 5.95. The Labute approximate surface area is 143 Å². The zero-order valence-electron chi connectivity index (χ0n) is 13.5. The van der Waals surface area contributed by atoms with Crippen molar-refractivity contribution in [3.05, 3.63) is 59.7 Å². The lowest BCUT2D eigenvalue weighted by Crippen LogP contribution is -2.37. The third-order valence-corrected chi connectivity index (χ3v) is 4.52. The highest BCUT2D eigenvalue weighted by Gasteiger charge is 2.33. The molecule has 2 aromatic carbocycles. The van der Waals surface area contributed by atoms with Crippen LogP contribution in [0.2, 0.25) is 0 Å². The molecule has 2 aromatic rings. The molecule has 1 heterocycles. The van der Waals surface area contributed by atoms with Gasteiger partial charge in [-0.15, -0.1) is 0 Å². The Balaban J connectivity index is 1.88. The molecule has 1 aliphatic rings. The summed E-state index contributed by atoms with van der Waals surface area (Å²) in [6.45, 7) is 0.505. The second-order valence-corrected chi connectivity index (χ2v) is 6.10. The third kappa shape index (κ3) is 3.54. The maximum atomic E-state index is 13.1. The number of hydrogen-bond acceptors (Lipinski definition) is 2. The van der Waals surface area contributed by atoms with Crippen LogP contribution in [0.4, 0.5) is 13.2 Å². The van der Waals surface area contributed by atoms with E-state index in [1.165, 1.54) is 36.4 Å². The van der Waals surface area contributed by atoms with Gasteiger partial charge in [0.15, 0.2) is 0 Å². The molecule has 3 nitrogen and oxygen atoms in total. The number of hydrogen-bond donors (Lipinski definition) is 1. The van der Waals surface area contributed by atoms with Gasteiger partial charge in [-0.1, -0.05) is 30.3 Å². The minimum Gasteiger partial charge on any atom is -0.394 e. The summed E-state index contributed by atoms with van der Waals surface area (Å²) in [5, 5.41) is 9.33. The standard InChI is InChI=1S/C19H18F3NO2/c20-19(21,22)17-6-2-1-5-16(17)13-7-9-14(10-8-13)18(25)23-11-3-4-15(23)12-24/h1-2,5-10,15,24H,3-4,11-12H2/t15-/m0/s1. The normalized spacial score (nSPS) is 17.8. The van der Waals surface area contributed by atoms with Crippen LogP contribution in [0.25, 0.3) is 11.1 Å². The second-order valence-electron chi connectivity index (χ2n) is 6.10. The van der Waals surface area contributed by atoms with Gasteiger partial charge in [0.05, 0.1) is 18.2 Å². The molecule has 1 amide bonds. The molecule has 1 fully saturated rings. The Morgan fingerprint density at radius 2 is 1.80 bits per heavy atom. The summed E-state index contributed by atoms with van der Waals surface area (Å²) >= 11 is 0. The number of benzene rings is 2. The third-order valence-electron chi connectivity index (χ3n) is 4.52.